The van der Waals surface area contributed by atoms with E-state index in [2.05, 4.69) is 19.2 Å². The molecular formula is C15H24N2O. The van der Waals surface area contributed by atoms with Crippen molar-refractivity contribution in [2.45, 2.75) is 39.2 Å². The van der Waals surface area contributed by atoms with Crippen LogP contribution in [0.25, 0.3) is 0 Å². The Morgan fingerprint density at radius 3 is 2.50 bits per heavy atom. The summed E-state index contributed by atoms with van der Waals surface area (Å²) in [4.78, 5) is 11.9. The van der Waals surface area contributed by atoms with Crippen LogP contribution in [0.1, 0.15) is 32.3 Å². The van der Waals surface area contributed by atoms with Gasteiger partial charge < -0.3 is 11.1 Å². The van der Waals surface area contributed by atoms with Gasteiger partial charge in [-0.1, -0.05) is 44.2 Å². The lowest BCUT2D eigenvalue weighted by molar-refractivity contribution is -0.122. The van der Waals surface area contributed by atoms with Crippen molar-refractivity contribution >= 4 is 5.91 Å². The van der Waals surface area contributed by atoms with Gasteiger partial charge in [0.15, 0.2) is 0 Å². The van der Waals surface area contributed by atoms with Gasteiger partial charge in [0.05, 0.1) is 0 Å². The van der Waals surface area contributed by atoms with Gasteiger partial charge in [-0.2, -0.15) is 0 Å². The van der Waals surface area contributed by atoms with Crippen LogP contribution in [0.5, 0.6) is 0 Å². The highest BCUT2D eigenvalue weighted by Gasteiger charge is 2.14. The normalized spacial score (nSPS) is 12.4. The van der Waals surface area contributed by atoms with Crippen molar-refractivity contribution in [1.29, 1.82) is 0 Å². The Hall–Kier alpha value is -1.35. The highest BCUT2D eigenvalue weighted by Crippen LogP contribution is 2.07. The first-order chi connectivity index (χ1) is 8.63. The molecule has 1 aromatic rings. The van der Waals surface area contributed by atoms with E-state index in [1.54, 1.807) is 0 Å². The summed E-state index contributed by atoms with van der Waals surface area (Å²) >= 11 is 0. The van der Waals surface area contributed by atoms with Gasteiger partial charge in [-0.05, 0) is 30.9 Å². The number of rotatable bonds is 7. The van der Waals surface area contributed by atoms with Gasteiger partial charge in [0.25, 0.3) is 0 Å². The molecule has 1 atom stereocenters. The summed E-state index contributed by atoms with van der Waals surface area (Å²) in [6.45, 7) is 4.83. The van der Waals surface area contributed by atoms with E-state index in [4.69, 9.17) is 5.73 Å². The molecule has 18 heavy (non-hydrogen) atoms. The molecule has 1 rings (SSSR count). The zero-order valence-electron chi connectivity index (χ0n) is 11.4. The number of amides is 1. The van der Waals surface area contributed by atoms with Gasteiger partial charge in [0, 0.05) is 12.5 Å². The zero-order valence-corrected chi connectivity index (χ0v) is 11.4. The second kappa shape index (κ2) is 7.88. The highest BCUT2D eigenvalue weighted by atomic mass is 16.1. The van der Waals surface area contributed by atoms with Crippen molar-refractivity contribution in [3.63, 3.8) is 0 Å². The molecule has 1 aromatic carbocycles. The minimum absolute atomic E-state index is 0.117. The maximum Gasteiger partial charge on any atom is 0.220 e. The third-order valence-corrected chi connectivity index (χ3v) is 3.11. The zero-order chi connectivity index (χ0) is 13.4. The van der Waals surface area contributed by atoms with Gasteiger partial charge in [-0.3, -0.25) is 4.79 Å². The molecule has 1 unspecified atom stereocenters. The van der Waals surface area contributed by atoms with Crippen molar-refractivity contribution in [2.75, 3.05) is 6.54 Å². The molecule has 3 heteroatoms. The Morgan fingerprint density at radius 1 is 1.28 bits per heavy atom. The van der Waals surface area contributed by atoms with Crippen molar-refractivity contribution in [3.05, 3.63) is 35.9 Å². The van der Waals surface area contributed by atoms with Crippen LogP contribution in [0.2, 0.25) is 0 Å². The van der Waals surface area contributed by atoms with Crippen molar-refractivity contribution < 1.29 is 4.79 Å². The van der Waals surface area contributed by atoms with Gasteiger partial charge in [-0.15, -0.1) is 0 Å². The fraction of sp³-hybridized carbons (Fsp3) is 0.533. The first kappa shape index (κ1) is 14.7. The second-order valence-electron chi connectivity index (χ2n) is 4.98. The average Bonchev–Trinajstić information content (AvgIpc) is 2.37. The minimum Gasteiger partial charge on any atom is -0.353 e. The van der Waals surface area contributed by atoms with Gasteiger partial charge in [-0.25, -0.2) is 0 Å². The van der Waals surface area contributed by atoms with E-state index in [-0.39, 0.29) is 11.9 Å². The standard InChI is InChI=1S/C15H24N2O/c1-12(2)14(10-11-16)17-15(18)9-8-13-6-4-3-5-7-13/h3-7,12,14H,8-11,16H2,1-2H3,(H,17,18). The van der Waals surface area contributed by atoms with Crippen LogP contribution in [0.3, 0.4) is 0 Å². The maximum absolute atomic E-state index is 11.9. The van der Waals surface area contributed by atoms with Crippen LogP contribution in [-0.4, -0.2) is 18.5 Å². The molecule has 1 amide bonds. The molecule has 0 bridgehead atoms. The summed E-state index contributed by atoms with van der Waals surface area (Å²) in [5.41, 5.74) is 6.76. The van der Waals surface area contributed by atoms with E-state index in [1.807, 2.05) is 30.3 Å². The monoisotopic (exact) mass is 248 g/mol. The maximum atomic E-state index is 11.9. The predicted molar refractivity (Wildman–Crippen MR) is 75.2 cm³/mol. The molecule has 0 aliphatic heterocycles. The number of nitrogens with two attached hydrogens (primary N) is 1. The summed E-state index contributed by atoms with van der Waals surface area (Å²) in [7, 11) is 0. The Morgan fingerprint density at radius 2 is 1.94 bits per heavy atom. The molecule has 0 fully saturated rings. The summed E-state index contributed by atoms with van der Waals surface area (Å²) in [6.07, 6.45) is 2.17. The number of carbonyl (C=O) groups is 1. The Balaban J connectivity index is 2.36. The fourth-order valence-corrected chi connectivity index (χ4v) is 1.93. The lowest BCUT2D eigenvalue weighted by atomic mass is 10.0. The van der Waals surface area contributed by atoms with E-state index in [1.165, 1.54) is 5.56 Å². The van der Waals surface area contributed by atoms with Gasteiger partial charge >= 0.3 is 0 Å². The molecule has 0 saturated heterocycles. The van der Waals surface area contributed by atoms with Crippen LogP contribution < -0.4 is 11.1 Å². The van der Waals surface area contributed by atoms with Crippen LogP contribution in [0, 0.1) is 5.92 Å². The quantitative estimate of drug-likeness (QED) is 0.776. The molecule has 0 aromatic heterocycles. The minimum atomic E-state index is 0.117. The van der Waals surface area contributed by atoms with E-state index < -0.39 is 0 Å². The molecule has 0 saturated carbocycles. The average molecular weight is 248 g/mol. The molecule has 0 spiro atoms. The number of hydrogen-bond acceptors (Lipinski definition) is 2. The van der Waals surface area contributed by atoms with E-state index in [9.17, 15) is 4.79 Å². The van der Waals surface area contributed by atoms with Crippen LogP contribution >= 0.6 is 0 Å². The highest BCUT2D eigenvalue weighted by molar-refractivity contribution is 5.76. The van der Waals surface area contributed by atoms with E-state index in [0.717, 1.165) is 12.8 Å². The SMILES string of the molecule is CC(C)C(CCN)NC(=O)CCc1ccccc1. The smallest absolute Gasteiger partial charge is 0.220 e. The Labute approximate surface area is 110 Å². The molecule has 0 aliphatic carbocycles. The third kappa shape index (κ3) is 5.32. The summed E-state index contributed by atoms with van der Waals surface area (Å²) in [5.74, 6) is 0.542. The Bertz CT molecular complexity index is 349. The van der Waals surface area contributed by atoms with Crippen molar-refractivity contribution in [2.24, 2.45) is 11.7 Å². The molecule has 0 radical (unpaired) electrons. The first-order valence-electron chi connectivity index (χ1n) is 6.67. The lowest BCUT2D eigenvalue weighted by Gasteiger charge is -2.21. The summed E-state index contributed by atoms with van der Waals surface area (Å²) in [5, 5.41) is 3.07. The summed E-state index contributed by atoms with van der Waals surface area (Å²) in [6, 6.07) is 10.3. The summed E-state index contributed by atoms with van der Waals surface area (Å²) < 4.78 is 0. The Kier molecular flexibility index (Phi) is 6.44. The molecule has 0 heterocycles. The number of carbonyl (C=O) groups excluding carboxylic acids is 1. The predicted octanol–water partition coefficient (Wildman–Crippen LogP) is 2.11. The largest absolute Gasteiger partial charge is 0.353 e. The van der Waals surface area contributed by atoms with Gasteiger partial charge in [0.1, 0.15) is 0 Å². The topological polar surface area (TPSA) is 55.1 Å². The van der Waals surface area contributed by atoms with E-state index >= 15 is 0 Å². The molecule has 3 N–H and O–H groups in total. The lowest BCUT2D eigenvalue weighted by Crippen LogP contribution is -2.40. The fourth-order valence-electron chi connectivity index (χ4n) is 1.93. The molecule has 3 nitrogen and oxygen atoms in total. The number of nitrogens with one attached hydrogen (secondary N) is 1. The van der Waals surface area contributed by atoms with Crippen LogP contribution in [-0.2, 0) is 11.2 Å². The van der Waals surface area contributed by atoms with Crippen LogP contribution in [0.4, 0.5) is 0 Å². The second-order valence-corrected chi connectivity index (χ2v) is 4.98. The number of hydrogen-bond donors (Lipinski definition) is 2. The van der Waals surface area contributed by atoms with Crippen molar-refractivity contribution in [1.82, 2.24) is 5.32 Å². The first-order valence-corrected chi connectivity index (χ1v) is 6.67. The van der Waals surface area contributed by atoms with Crippen LogP contribution in [0.15, 0.2) is 30.3 Å². The molecule has 0 aliphatic rings. The number of benzene rings is 1. The molecule has 100 valence electrons. The van der Waals surface area contributed by atoms with E-state index in [0.29, 0.717) is 18.9 Å². The number of aryl methyl sites for hydroxylation is 1. The molecular weight excluding hydrogens is 224 g/mol. The van der Waals surface area contributed by atoms with Crippen molar-refractivity contribution in [3.8, 4) is 0 Å². The van der Waals surface area contributed by atoms with Gasteiger partial charge in [0.2, 0.25) is 5.91 Å². The third-order valence-electron chi connectivity index (χ3n) is 3.11.